The molecule has 2 aromatic rings. The van der Waals surface area contributed by atoms with Crippen LogP contribution in [0.1, 0.15) is 5.69 Å². The zero-order chi connectivity index (χ0) is 10.1. The van der Waals surface area contributed by atoms with Gasteiger partial charge in [0.15, 0.2) is 5.13 Å². The minimum atomic E-state index is 0.625. The Hall–Kier alpha value is -0.870. The summed E-state index contributed by atoms with van der Waals surface area (Å²) in [6.45, 7) is 1.98. The zero-order valence-electron chi connectivity index (χ0n) is 7.62. The van der Waals surface area contributed by atoms with Crippen molar-refractivity contribution in [3.8, 4) is 10.4 Å². The fourth-order valence-electron chi connectivity index (χ4n) is 1.29. The van der Waals surface area contributed by atoms with E-state index in [1.54, 1.807) is 0 Å². The Morgan fingerprint density at radius 1 is 1.29 bits per heavy atom. The third-order valence-corrected chi connectivity index (χ3v) is 3.48. The molecule has 0 bridgehead atoms. The SMILES string of the molecule is Cc1nc(N)sc1-c1ccc(Br)cc1. The van der Waals surface area contributed by atoms with Gasteiger partial charge >= 0.3 is 0 Å². The zero-order valence-corrected chi connectivity index (χ0v) is 10.0. The second-order valence-corrected chi connectivity index (χ2v) is 4.92. The fraction of sp³-hybridized carbons (Fsp3) is 0.100. The Morgan fingerprint density at radius 2 is 1.93 bits per heavy atom. The van der Waals surface area contributed by atoms with Gasteiger partial charge in [0, 0.05) is 4.47 Å². The second-order valence-electron chi connectivity index (χ2n) is 2.97. The Kier molecular flexibility index (Phi) is 2.56. The number of aromatic nitrogens is 1. The fourth-order valence-corrected chi connectivity index (χ4v) is 2.39. The number of nitrogen functional groups attached to an aromatic ring is 1. The van der Waals surface area contributed by atoms with Gasteiger partial charge in [-0.1, -0.05) is 39.4 Å². The molecule has 0 radical (unpaired) electrons. The number of hydrogen-bond donors (Lipinski definition) is 1. The first-order valence-electron chi connectivity index (χ1n) is 4.15. The van der Waals surface area contributed by atoms with Crippen molar-refractivity contribution < 1.29 is 0 Å². The highest BCUT2D eigenvalue weighted by Gasteiger charge is 2.06. The molecule has 0 aliphatic carbocycles. The van der Waals surface area contributed by atoms with Crippen molar-refractivity contribution >= 4 is 32.4 Å². The van der Waals surface area contributed by atoms with Crippen LogP contribution in [-0.2, 0) is 0 Å². The van der Waals surface area contributed by atoms with Crippen LogP contribution < -0.4 is 5.73 Å². The van der Waals surface area contributed by atoms with E-state index < -0.39 is 0 Å². The average Bonchev–Trinajstić information content (AvgIpc) is 2.47. The number of anilines is 1. The molecular formula is C10H9BrN2S. The molecule has 0 saturated heterocycles. The van der Waals surface area contributed by atoms with Gasteiger partial charge in [-0.25, -0.2) is 4.98 Å². The van der Waals surface area contributed by atoms with Crippen molar-refractivity contribution in [2.24, 2.45) is 0 Å². The molecule has 1 aromatic carbocycles. The normalized spacial score (nSPS) is 10.4. The van der Waals surface area contributed by atoms with E-state index in [1.807, 2.05) is 19.1 Å². The maximum Gasteiger partial charge on any atom is 0.180 e. The maximum absolute atomic E-state index is 5.64. The molecule has 4 heteroatoms. The lowest BCUT2D eigenvalue weighted by Gasteiger charge is -1.97. The highest BCUT2D eigenvalue weighted by Crippen LogP contribution is 2.31. The summed E-state index contributed by atoms with van der Waals surface area (Å²) in [5.41, 5.74) is 7.81. The topological polar surface area (TPSA) is 38.9 Å². The monoisotopic (exact) mass is 268 g/mol. The number of thiazole rings is 1. The minimum Gasteiger partial charge on any atom is -0.375 e. The molecule has 0 unspecified atom stereocenters. The van der Waals surface area contributed by atoms with Gasteiger partial charge in [0.2, 0.25) is 0 Å². The summed E-state index contributed by atoms with van der Waals surface area (Å²) in [7, 11) is 0. The molecule has 0 aliphatic rings. The van der Waals surface area contributed by atoms with Gasteiger partial charge in [-0.2, -0.15) is 0 Å². The summed E-state index contributed by atoms with van der Waals surface area (Å²) in [6, 6.07) is 8.16. The van der Waals surface area contributed by atoms with Gasteiger partial charge < -0.3 is 5.73 Å². The van der Waals surface area contributed by atoms with Crippen LogP contribution in [0.2, 0.25) is 0 Å². The van der Waals surface area contributed by atoms with E-state index in [2.05, 4.69) is 33.0 Å². The van der Waals surface area contributed by atoms with Crippen molar-refractivity contribution in [1.29, 1.82) is 0 Å². The van der Waals surface area contributed by atoms with Crippen LogP contribution in [-0.4, -0.2) is 4.98 Å². The molecule has 1 heterocycles. The van der Waals surface area contributed by atoms with Crippen LogP contribution in [0.3, 0.4) is 0 Å². The molecular weight excluding hydrogens is 260 g/mol. The lowest BCUT2D eigenvalue weighted by molar-refractivity contribution is 1.27. The molecule has 0 spiro atoms. The molecule has 0 aliphatic heterocycles. The highest BCUT2D eigenvalue weighted by atomic mass is 79.9. The first-order valence-corrected chi connectivity index (χ1v) is 5.76. The summed E-state index contributed by atoms with van der Waals surface area (Å²) in [4.78, 5) is 5.34. The molecule has 72 valence electrons. The first kappa shape index (κ1) is 9.68. The number of benzene rings is 1. The van der Waals surface area contributed by atoms with E-state index in [0.717, 1.165) is 15.0 Å². The number of rotatable bonds is 1. The van der Waals surface area contributed by atoms with E-state index in [0.29, 0.717) is 5.13 Å². The Labute approximate surface area is 94.9 Å². The van der Waals surface area contributed by atoms with Gasteiger partial charge in [-0.15, -0.1) is 0 Å². The quantitative estimate of drug-likeness (QED) is 0.861. The molecule has 0 fully saturated rings. The Bertz CT molecular complexity index is 448. The first-order chi connectivity index (χ1) is 6.66. The summed E-state index contributed by atoms with van der Waals surface area (Å²) in [5.74, 6) is 0. The highest BCUT2D eigenvalue weighted by molar-refractivity contribution is 9.10. The van der Waals surface area contributed by atoms with Crippen LogP contribution in [0.5, 0.6) is 0 Å². The van der Waals surface area contributed by atoms with Crippen molar-refractivity contribution in [2.75, 3.05) is 5.73 Å². The largest absolute Gasteiger partial charge is 0.375 e. The lowest BCUT2D eigenvalue weighted by atomic mass is 10.2. The molecule has 2 nitrogen and oxygen atoms in total. The van der Waals surface area contributed by atoms with Crippen LogP contribution in [0.4, 0.5) is 5.13 Å². The van der Waals surface area contributed by atoms with E-state index >= 15 is 0 Å². The number of nitrogens with two attached hydrogens (primary N) is 1. The molecule has 0 saturated carbocycles. The Morgan fingerprint density at radius 3 is 2.43 bits per heavy atom. The predicted molar refractivity (Wildman–Crippen MR) is 64.4 cm³/mol. The summed E-state index contributed by atoms with van der Waals surface area (Å²) in [6.07, 6.45) is 0. The molecule has 2 rings (SSSR count). The third-order valence-electron chi connectivity index (χ3n) is 1.92. The molecule has 0 atom stereocenters. The van der Waals surface area contributed by atoms with Gasteiger partial charge in [0.1, 0.15) is 0 Å². The smallest absolute Gasteiger partial charge is 0.180 e. The average molecular weight is 269 g/mol. The standard InChI is InChI=1S/C10H9BrN2S/c1-6-9(14-10(12)13-6)7-2-4-8(11)5-3-7/h2-5H,1H3,(H2,12,13). The number of hydrogen-bond acceptors (Lipinski definition) is 3. The second kappa shape index (κ2) is 3.71. The van der Waals surface area contributed by atoms with E-state index in [9.17, 15) is 0 Å². The Balaban J connectivity index is 2.49. The van der Waals surface area contributed by atoms with Crippen LogP contribution in [0.25, 0.3) is 10.4 Å². The molecule has 1 aromatic heterocycles. The van der Waals surface area contributed by atoms with Gasteiger partial charge in [-0.3, -0.25) is 0 Å². The van der Waals surface area contributed by atoms with Crippen molar-refractivity contribution in [3.63, 3.8) is 0 Å². The van der Waals surface area contributed by atoms with Crippen LogP contribution in [0.15, 0.2) is 28.7 Å². The summed E-state index contributed by atoms with van der Waals surface area (Å²) >= 11 is 4.93. The molecule has 0 amide bonds. The predicted octanol–water partition coefficient (Wildman–Crippen LogP) is 3.46. The molecule has 14 heavy (non-hydrogen) atoms. The molecule has 2 N–H and O–H groups in total. The van der Waals surface area contributed by atoms with Crippen molar-refractivity contribution in [2.45, 2.75) is 6.92 Å². The van der Waals surface area contributed by atoms with Crippen LogP contribution >= 0.6 is 27.3 Å². The summed E-state index contributed by atoms with van der Waals surface area (Å²) < 4.78 is 1.08. The van der Waals surface area contributed by atoms with Crippen molar-refractivity contribution in [3.05, 3.63) is 34.4 Å². The number of nitrogens with zero attached hydrogens (tertiary/aromatic N) is 1. The van der Waals surface area contributed by atoms with E-state index in [-0.39, 0.29) is 0 Å². The van der Waals surface area contributed by atoms with E-state index in [4.69, 9.17) is 5.73 Å². The third kappa shape index (κ3) is 1.81. The minimum absolute atomic E-state index is 0.625. The van der Waals surface area contributed by atoms with Gasteiger partial charge in [0.25, 0.3) is 0 Å². The van der Waals surface area contributed by atoms with E-state index in [1.165, 1.54) is 16.9 Å². The number of halogens is 1. The van der Waals surface area contributed by atoms with Gasteiger partial charge in [-0.05, 0) is 24.6 Å². The van der Waals surface area contributed by atoms with Crippen LogP contribution in [0, 0.1) is 6.92 Å². The maximum atomic E-state index is 5.64. The summed E-state index contributed by atoms with van der Waals surface area (Å²) in [5, 5.41) is 0.625. The van der Waals surface area contributed by atoms with Crippen molar-refractivity contribution in [1.82, 2.24) is 4.98 Å². The number of aryl methyl sites for hydroxylation is 1. The lowest BCUT2D eigenvalue weighted by Crippen LogP contribution is -1.81. The van der Waals surface area contributed by atoms with Gasteiger partial charge in [0.05, 0.1) is 10.6 Å².